The monoisotopic (exact) mass is 306 g/mol. The number of hydrogen-bond acceptors (Lipinski definition) is 4. The molecule has 114 valence electrons. The summed E-state index contributed by atoms with van der Waals surface area (Å²) in [4.78, 5) is 12.3. The maximum Gasteiger partial charge on any atom is 0.193 e. The van der Waals surface area contributed by atoms with Gasteiger partial charge in [0, 0.05) is 17.0 Å². The van der Waals surface area contributed by atoms with E-state index in [0.29, 0.717) is 33.8 Å². The maximum atomic E-state index is 12.3. The van der Waals surface area contributed by atoms with Crippen LogP contribution in [0, 0.1) is 6.92 Å². The smallest absolute Gasteiger partial charge is 0.193 e. The highest BCUT2D eigenvalue weighted by Crippen LogP contribution is 2.37. The SMILES string of the molecule is COc1cccc2c(C)c(-c3cc(=O)c4ccccc4o3)oc12. The third-order valence-electron chi connectivity index (χ3n) is 4.01. The predicted octanol–water partition coefficient (Wildman–Crippen LogP) is 4.52. The van der Waals surface area contributed by atoms with Gasteiger partial charge in [-0.2, -0.15) is 0 Å². The molecule has 0 saturated heterocycles. The summed E-state index contributed by atoms with van der Waals surface area (Å²) >= 11 is 0. The summed E-state index contributed by atoms with van der Waals surface area (Å²) in [6.45, 7) is 1.94. The first-order valence-corrected chi connectivity index (χ1v) is 7.28. The van der Waals surface area contributed by atoms with E-state index in [2.05, 4.69) is 0 Å². The summed E-state index contributed by atoms with van der Waals surface area (Å²) in [5, 5.41) is 1.50. The number of benzene rings is 2. The van der Waals surface area contributed by atoms with Gasteiger partial charge in [-0.25, -0.2) is 0 Å². The van der Waals surface area contributed by atoms with Crippen molar-refractivity contribution < 1.29 is 13.6 Å². The van der Waals surface area contributed by atoms with Crippen molar-refractivity contribution in [1.29, 1.82) is 0 Å². The van der Waals surface area contributed by atoms with Crippen LogP contribution in [-0.4, -0.2) is 7.11 Å². The fraction of sp³-hybridized carbons (Fsp3) is 0.105. The number of rotatable bonds is 2. The van der Waals surface area contributed by atoms with Crippen LogP contribution < -0.4 is 10.2 Å². The standard InChI is InChI=1S/C19H14O4/c1-11-12-7-5-9-16(21-2)19(12)23-18(11)17-10-14(20)13-6-3-4-8-15(13)22-17/h3-10H,1-2H3. The molecule has 4 aromatic rings. The van der Waals surface area contributed by atoms with Gasteiger partial charge in [-0.05, 0) is 25.1 Å². The molecular weight excluding hydrogens is 292 g/mol. The molecule has 0 saturated carbocycles. The second kappa shape index (κ2) is 5.02. The van der Waals surface area contributed by atoms with Crippen LogP contribution in [0.15, 0.2) is 62.2 Å². The molecule has 0 unspecified atom stereocenters. The van der Waals surface area contributed by atoms with Gasteiger partial charge in [-0.1, -0.05) is 24.3 Å². The van der Waals surface area contributed by atoms with Gasteiger partial charge in [0.15, 0.2) is 28.3 Å². The van der Waals surface area contributed by atoms with Crippen LogP contribution in [0.2, 0.25) is 0 Å². The van der Waals surface area contributed by atoms with Crippen molar-refractivity contribution >= 4 is 21.9 Å². The molecule has 2 aromatic heterocycles. The van der Waals surface area contributed by atoms with E-state index in [9.17, 15) is 4.79 Å². The molecule has 4 nitrogen and oxygen atoms in total. The number of ether oxygens (including phenoxy) is 1. The van der Waals surface area contributed by atoms with Crippen LogP contribution in [0.3, 0.4) is 0 Å². The topological polar surface area (TPSA) is 52.6 Å². The van der Waals surface area contributed by atoms with E-state index in [-0.39, 0.29) is 5.43 Å². The highest BCUT2D eigenvalue weighted by molar-refractivity contribution is 5.91. The quantitative estimate of drug-likeness (QED) is 0.546. The Kier molecular flexibility index (Phi) is 2.98. The Morgan fingerprint density at radius 2 is 1.74 bits per heavy atom. The van der Waals surface area contributed by atoms with Gasteiger partial charge >= 0.3 is 0 Å². The number of aryl methyl sites for hydroxylation is 1. The Morgan fingerprint density at radius 1 is 0.957 bits per heavy atom. The number of methoxy groups -OCH3 is 1. The molecule has 0 atom stereocenters. The molecule has 0 aliphatic rings. The first-order chi connectivity index (χ1) is 11.2. The highest BCUT2D eigenvalue weighted by atomic mass is 16.5. The largest absolute Gasteiger partial charge is 0.493 e. The summed E-state index contributed by atoms with van der Waals surface area (Å²) in [6, 6.07) is 14.4. The van der Waals surface area contributed by atoms with E-state index < -0.39 is 0 Å². The summed E-state index contributed by atoms with van der Waals surface area (Å²) in [5.41, 5.74) is 2.02. The lowest BCUT2D eigenvalue weighted by molar-refractivity contribution is 0.410. The van der Waals surface area contributed by atoms with Crippen LogP contribution in [0.1, 0.15) is 5.56 Å². The Balaban J connectivity index is 2.03. The van der Waals surface area contributed by atoms with Gasteiger partial charge in [0.05, 0.1) is 12.5 Å². The van der Waals surface area contributed by atoms with E-state index in [1.165, 1.54) is 6.07 Å². The molecule has 0 amide bonds. The number of hydrogen-bond donors (Lipinski definition) is 0. The van der Waals surface area contributed by atoms with Crippen LogP contribution in [0.25, 0.3) is 33.5 Å². The molecule has 0 aliphatic carbocycles. The van der Waals surface area contributed by atoms with Crippen LogP contribution in [-0.2, 0) is 0 Å². The highest BCUT2D eigenvalue weighted by Gasteiger charge is 2.18. The van der Waals surface area contributed by atoms with E-state index in [0.717, 1.165) is 10.9 Å². The fourth-order valence-electron chi connectivity index (χ4n) is 2.83. The van der Waals surface area contributed by atoms with Gasteiger partial charge in [0.1, 0.15) is 5.58 Å². The molecular formula is C19H14O4. The van der Waals surface area contributed by atoms with Crippen molar-refractivity contribution in [1.82, 2.24) is 0 Å². The summed E-state index contributed by atoms with van der Waals surface area (Å²) in [7, 11) is 1.60. The van der Waals surface area contributed by atoms with Gasteiger partial charge in [0.2, 0.25) is 0 Å². The fourth-order valence-corrected chi connectivity index (χ4v) is 2.83. The lowest BCUT2D eigenvalue weighted by Gasteiger charge is -2.01. The second-order valence-corrected chi connectivity index (χ2v) is 5.36. The average Bonchev–Trinajstić information content (AvgIpc) is 2.92. The second-order valence-electron chi connectivity index (χ2n) is 5.36. The van der Waals surface area contributed by atoms with Crippen LogP contribution in [0.5, 0.6) is 5.75 Å². The molecule has 0 aliphatic heterocycles. The Morgan fingerprint density at radius 3 is 2.57 bits per heavy atom. The summed E-state index contributed by atoms with van der Waals surface area (Å²) < 4.78 is 17.2. The van der Waals surface area contributed by atoms with Crippen molar-refractivity contribution in [3.05, 3.63) is 64.3 Å². The molecule has 0 bridgehead atoms. The van der Waals surface area contributed by atoms with E-state index >= 15 is 0 Å². The van der Waals surface area contributed by atoms with Crippen molar-refractivity contribution in [3.8, 4) is 17.3 Å². The third kappa shape index (κ3) is 2.03. The Hall–Kier alpha value is -3.01. The van der Waals surface area contributed by atoms with Crippen molar-refractivity contribution in [2.24, 2.45) is 0 Å². The zero-order chi connectivity index (χ0) is 16.0. The molecule has 2 aromatic carbocycles. The normalized spacial score (nSPS) is 11.2. The van der Waals surface area contributed by atoms with Crippen LogP contribution in [0.4, 0.5) is 0 Å². The molecule has 0 radical (unpaired) electrons. The first kappa shape index (κ1) is 13.6. The van der Waals surface area contributed by atoms with Gasteiger partial charge in [-0.3, -0.25) is 4.79 Å². The first-order valence-electron chi connectivity index (χ1n) is 7.28. The third-order valence-corrected chi connectivity index (χ3v) is 4.01. The van der Waals surface area contributed by atoms with Crippen LogP contribution >= 0.6 is 0 Å². The molecule has 2 heterocycles. The van der Waals surface area contributed by atoms with Gasteiger partial charge < -0.3 is 13.6 Å². The van der Waals surface area contributed by atoms with Gasteiger partial charge in [0.25, 0.3) is 0 Å². The minimum atomic E-state index is -0.0892. The number of para-hydroxylation sites is 2. The molecule has 0 fully saturated rings. The average molecular weight is 306 g/mol. The van der Waals surface area contributed by atoms with Crippen molar-refractivity contribution in [2.75, 3.05) is 7.11 Å². The number of fused-ring (bicyclic) bond motifs is 2. The zero-order valence-corrected chi connectivity index (χ0v) is 12.8. The van der Waals surface area contributed by atoms with E-state index in [4.69, 9.17) is 13.6 Å². The van der Waals surface area contributed by atoms with Crippen molar-refractivity contribution in [3.63, 3.8) is 0 Å². The van der Waals surface area contributed by atoms with Gasteiger partial charge in [-0.15, -0.1) is 0 Å². The summed E-state index contributed by atoms with van der Waals surface area (Å²) in [6.07, 6.45) is 0. The van der Waals surface area contributed by atoms with E-state index in [1.54, 1.807) is 19.2 Å². The maximum absolute atomic E-state index is 12.3. The lowest BCUT2D eigenvalue weighted by Crippen LogP contribution is -1.99. The lowest BCUT2D eigenvalue weighted by atomic mass is 10.1. The Bertz CT molecular complexity index is 1090. The summed E-state index contributed by atoms with van der Waals surface area (Å²) in [5.74, 6) is 1.62. The van der Waals surface area contributed by atoms with Crippen molar-refractivity contribution in [2.45, 2.75) is 6.92 Å². The number of furan rings is 1. The molecule has 0 N–H and O–H groups in total. The molecule has 0 spiro atoms. The minimum absolute atomic E-state index is 0.0892. The molecule has 4 heteroatoms. The Labute approximate surface area is 131 Å². The molecule has 23 heavy (non-hydrogen) atoms. The van der Waals surface area contributed by atoms with E-state index in [1.807, 2.05) is 37.3 Å². The molecule has 4 rings (SSSR count). The zero-order valence-electron chi connectivity index (χ0n) is 12.8. The predicted molar refractivity (Wildman–Crippen MR) is 89.0 cm³/mol. The minimum Gasteiger partial charge on any atom is -0.493 e.